The van der Waals surface area contributed by atoms with Crippen molar-refractivity contribution in [2.75, 3.05) is 11.9 Å². The molecule has 0 aliphatic rings. The van der Waals surface area contributed by atoms with Crippen molar-refractivity contribution in [2.24, 2.45) is 0 Å². The summed E-state index contributed by atoms with van der Waals surface area (Å²) in [5.74, 6) is 0. The third-order valence-corrected chi connectivity index (χ3v) is 3.81. The lowest BCUT2D eigenvalue weighted by Crippen LogP contribution is -2.03. The van der Waals surface area contributed by atoms with Gasteiger partial charge in [0.1, 0.15) is 0 Å². The third-order valence-electron chi connectivity index (χ3n) is 3.25. The number of benzene rings is 2. The predicted molar refractivity (Wildman–Crippen MR) is 89.2 cm³/mol. The number of hydrogen-bond acceptors (Lipinski definition) is 2. The summed E-state index contributed by atoms with van der Waals surface area (Å²) >= 11 is 3.39. The summed E-state index contributed by atoms with van der Waals surface area (Å²) in [5.41, 5.74) is 3.24. The van der Waals surface area contributed by atoms with Crippen LogP contribution in [0.1, 0.15) is 24.5 Å². The molecule has 2 rings (SSSR count). The van der Waals surface area contributed by atoms with Crippen molar-refractivity contribution in [1.29, 1.82) is 5.26 Å². The lowest BCUT2D eigenvalue weighted by molar-refractivity contribution is 0.0880. The molecule has 0 bridgehead atoms. The number of unbranched alkanes of at least 4 members (excludes halogenated alkanes) is 1. The molecular weight excluding hydrogens is 326 g/mol. The average molecular weight is 344 g/mol. The van der Waals surface area contributed by atoms with E-state index in [1.165, 1.54) is 5.56 Å². The Morgan fingerprint density at radius 3 is 2.24 bits per heavy atom. The lowest BCUT2D eigenvalue weighted by Gasteiger charge is -2.11. The molecule has 2 aromatic carbocycles. The van der Waals surface area contributed by atoms with E-state index in [0.29, 0.717) is 6.61 Å². The standard InChI is InChI=1S/C18H18BrNO/c19-12-4-5-13-21-18(14-20)17-10-8-16(9-11-17)15-6-2-1-3-7-15/h1-3,6-11,18H,4-5,12-13H2. The summed E-state index contributed by atoms with van der Waals surface area (Å²) in [6.45, 7) is 0.615. The minimum atomic E-state index is -0.481. The monoisotopic (exact) mass is 343 g/mol. The number of alkyl halides is 1. The third kappa shape index (κ3) is 4.70. The minimum absolute atomic E-state index is 0.481. The van der Waals surface area contributed by atoms with Crippen LogP contribution in [-0.4, -0.2) is 11.9 Å². The fourth-order valence-electron chi connectivity index (χ4n) is 2.09. The van der Waals surface area contributed by atoms with Gasteiger partial charge >= 0.3 is 0 Å². The molecule has 0 aliphatic carbocycles. The number of halogens is 1. The molecule has 3 heteroatoms. The van der Waals surface area contributed by atoms with E-state index in [0.717, 1.165) is 29.3 Å². The van der Waals surface area contributed by atoms with Crippen LogP contribution >= 0.6 is 15.9 Å². The molecule has 0 aromatic heterocycles. The second kappa shape index (κ2) is 8.61. The number of nitrogens with zero attached hydrogens (tertiary/aromatic N) is 1. The predicted octanol–water partition coefficient (Wildman–Crippen LogP) is 5.11. The SMILES string of the molecule is N#CC(OCCCCBr)c1ccc(-c2ccccc2)cc1. The van der Waals surface area contributed by atoms with Gasteiger partial charge in [0.2, 0.25) is 0 Å². The molecule has 0 saturated carbocycles. The van der Waals surface area contributed by atoms with Gasteiger partial charge in [0.15, 0.2) is 6.10 Å². The highest BCUT2D eigenvalue weighted by molar-refractivity contribution is 9.09. The van der Waals surface area contributed by atoms with Gasteiger partial charge in [-0.3, -0.25) is 0 Å². The summed E-state index contributed by atoms with van der Waals surface area (Å²) in [4.78, 5) is 0. The topological polar surface area (TPSA) is 33.0 Å². The fraction of sp³-hybridized carbons (Fsp3) is 0.278. The van der Waals surface area contributed by atoms with E-state index >= 15 is 0 Å². The van der Waals surface area contributed by atoms with Gasteiger partial charge in [-0.1, -0.05) is 70.5 Å². The summed E-state index contributed by atoms with van der Waals surface area (Å²) in [7, 11) is 0. The first-order valence-corrected chi connectivity index (χ1v) is 8.20. The van der Waals surface area contributed by atoms with Crippen LogP contribution in [0.25, 0.3) is 11.1 Å². The Hall–Kier alpha value is -1.63. The highest BCUT2D eigenvalue weighted by Gasteiger charge is 2.10. The van der Waals surface area contributed by atoms with Gasteiger partial charge in [-0.15, -0.1) is 0 Å². The zero-order chi connectivity index (χ0) is 14.9. The molecular formula is C18H18BrNO. The molecule has 0 aliphatic heterocycles. The van der Waals surface area contributed by atoms with E-state index in [4.69, 9.17) is 4.74 Å². The highest BCUT2D eigenvalue weighted by Crippen LogP contribution is 2.23. The van der Waals surface area contributed by atoms with Crippen LogP contribution in [0.5, 0.6) is 0 Å². The van der Waals surface area contributed by atoms with E-state index in [9.17, 15) is 5.26 Å². The molecule has 0 amide bonds. The van der Waals surface area contributed by atoms with Crippen molar-refractivity contribution in [3.8, 4) is 17.2 Å². The molecule has 0 heterocycles. The van der Waals surface area contributed by atoms with Crippen LogP contribution in [0.15, 0.2) is 54.6 Å². The Kier molecular flexibility index (Phi) is 6.46. The lowest BCUT2D eigenvalue weighted by atomic mass is 10.0. The van der Waals surface area contributed by atoms with E-state index in [2.05, 4.69) is 34.1 Å². The molecule has 1 unspecified atom stereocenters. The Balaban J connectivity index is 2.02. The molecule has 2 nitrogen and oxygen atoms in total. The minimum Gasteiger partial charge on any atom is -0.359 e. The van der Waals surface area contributed by atoms with Crippen molar-refractivity contribution >= 4 is 15.9 Å². The second-order valence-electron chi connectivity index (χ2n) is 4.76. The van der Waals surface area contributed by atoms with Crippen molar-refractivity contribution in [3.05, 3.63) is 60.2 Å². The summed E-state index contributed by atoms with van der Waals surface area (Å²) in [6.07, 6.45) is 1.54. The normalized spacial score (nSPS) is 11.8. The Labute approximate surface area is 134 Å². The van der Waals surface area contributed by atoms with Crippen LogP contribution in [-0.2, 0) is 4.74 Å². The molecule has 1 atom stereocenters. The smallest absolute Gasteiger partial charge is 0.169 e. The molecule has 0 saturated heterocycles. The average Bonchev–Trinajstić information content (AvgIpc) is 2.56. The van der Waals surface area contributed by atoms with Crippen molar-refractivity contribution < 1.29 is 4.74 Å². The van der Waals surface area contributed by atoms with Crippen LogP contribution < -0.4 is 0 Å². The van der Waals surface area contributed by atoms with Crippen LogP contribution in [0.2, 0.25) is 0 Å². The van der Waals surface area contributed by atoms with Crippen LogP contribution in [0.4, 0.5) is 0 Å². The van der Waals surface area contributed by atoms with Gasteiger partial charge in [0.25, 0.3) is 0 Å². The molecule has 0 fully saturated rings. The molecule has 2 aromatic rings. The number of nitriles is 1. The Morgan fingerprint density at radius 1 is 0.952 bits per heavy atom. The van der Waals surface area contributed by atoms with Gasteiger partial charge in [-0.05, 0) is 29.5 Å². The first kappa shape index (κ1) is 15.8. The van der Waals surface area contributed by atoms with Crippen molar-refractivity contribution in [1.82, 2.24) is 0 Å². The van der Waals surface area contributed by atoms with Gasteiger partial charge < -0.3 is 4.74 Å². The number of rotatable bonds is 7. The van der Waals surface area contributed by atoms with E-state index in [-0.39, 0.29) is 0 Å². The fourth-order valence-corrected chi connectivity index (χ4v) is 2.48. The molecule has 0 spiro atoms. The Bertz CT molecular complexity index is 574. The van der Waals surface area contributed by atoms with Gasteiger partial charge in [0, 0.05) is 11.9 Å². The van der Waals surface area contributed by atoms with E-state index in [1.807, 2.05) is 42.5 Å². The molecule has 21 heavy (non-hydrogen) atoms. The first-order chi connectivity index (χ1) is 10.3. The molecule has 0 radical (unpaired) electrons. The highest BCUT2D eigenvalue weighted by atomic mass is 79.9. The number of hydrogen-bond donors (Lipinski definition) is 0. The molecule has 0 N–H and O–H groups in total. The van der Waals surface area contributed by atoms with E-state index in [1.54, 1.807) is 0 Å². The van der Waals surface area contributed by atoms with Crippen molar-refractivity contribution in [3.63, 3.8) is 0 Å². The maximum atomic E-state index is 9.24. The maximum Gasteiger partial charge on any atom is 0.169 e. The Morgan fingerprint density at radius 2 is 1.62 bits per heavy atom. The maximum absolute atomic E-state index is 9.24. The molecule has 108 valence electrons. The van der Waals surface area contributed by atoms with E-state index < -0.39 is 6.10 Å². The summed E-state index contributed by atoms with van der Waals surface area (Å²) < 4.78 is 5.64. The largest absolute Gasteiger partial charge is 0.359 e. The zero-order valence-corrected chi connectivity index (χ0v) is 13.4. The first-order valence-electron chi connectivity index (χ1n) is 7.07. The van der Waals surface area contributed by atoms with Gasteiger partial charge in [-0.2, -0.15) is 5.26 Å². The van der Waals surface area contributed by atoms with Gasteiger partial charge in [0.05, 0.1) is 6.07 Å². The second-order valence-corrected chi connectivity index (χ2v) is 5.56. The van der Waals surface area contributed by atoms with Crippen LogP contribution in [0.3, 0.4) is 0 Å². The summed E-state index contributed by atoms with van der Waals surface area (Å²) in [6, 6.07) is 20.4. The quantitative estimate of drug-likeness (QED) is 0.516. The number of ether oxygens (including phenoxy) is 1. The van der Waals surface area contributed by atoms with Gasteiger partial charge in [-0.25, -0.2) is 0 Å². The van der Waals surface area contributed by atoms with Crippen molar-refractivity contribution in [2.45, 2.75) is 18.9 Å². The zero-order valence-electron chi connectivity index (χ0n) is 11.8. The van der Waals surface area contributed by atoms with Crippen LogP contribution in [0, 0.1) is 11.3 Å². The summed E-state index contributed by atoms with van der Waals surface area (Å²) in [5, 5.41) is 10.2.